The van der Waals surface area contributed by atoms with Gasteiger partial charge in [0.2, 0.25) is 5.88 Å². The molecule has 1 aromatic carbocycles. The molecule has 1 saturated heterocycles. The molecule has 1 aliphatic rings. The smallest absolute Gasteiger partial charge is 0.231 e. The summed E-state index contributed by atoms with van der Waals surface area (Å²) in [5.41, 5.74) is 3.57. The van der Waals surface area contributed by atoms with Crippen LogP contribution in [0, 0.1) is 0 Å². The zero-order valence-corrected chi connectivity index (χ0v) is 15.1. The van der Waals surface area contributed by atoms with Gasteiger partial charge in [0.1, 0.15) is 11.3 Å². The summed E-state index contributed by atoms with van der Waals surface area (Å²) < 4.78 is 18.9. The number of benzene rings is 1. The Labute approximate surface area is 156 Å². The lowest BCUT2D eigenvalue weighted by Crippen LogP contribution is -2.36. The van der Waals surface area contributed by atoms with Crippen LogP contribution in [0.15, 0.2) is 47.0 Å². The second-order valence-corrected chi connectivity index (χ2v) is 6.42. The van der Waals surface area contributed by atoms with E-state index in [4.69, 9.17) is 13.9 Å². The number of nitrogens with zero attached hydrogens (tertiary/aromatic N) is 4. The van der Waals surface area contributed by atoms with E-state index in [0.29, 0.717) is 12.5 Å². The van der Waals surface area contributed by atoms with Gasteiger partial charge in [-0.15, -0.1) is 5.10 Å². The monoisotopic (exact) mass is 364 g/mol. The van der Waals surface area contributed by atoms with Crippen molar-refractivity contribution in [3.63, 3.8) is 0 Å². The topological polar surface area (TPSA) is 65.0 Å². The molecule has 0 spiro atoms. The Balaban J connectivity index is 1.61. The molecule has 4 aromatic rings. The first kappa shape index (κ1) is 16.1. The third-order valence-electron chi connectivity index (χ3n) is 4.77. The summed E-state index contributed by atoms with van der Waals surface area (Å²) in [6.45, 7) is 5.77. The van der Waals surface area contributed by atoms with E-state index in [9.17, 15) is 0 Å². The van der Waals surface area contributed by atoms with Crippen LogP contribution in [0.5, 0.6) is 5.88 Å². The molecular weight excluding hydrogens is 344 g/mol. The van der Waals surface area contributed by atoms with Crippen LogP contribution in [0.25, 0.3) is 28.1 Å². The number of morpholine rings is 1. The Morgan fingerprint density at radius 1 is 1.15 bits per heavy atom. The first-order valence-corrected chi connectivity index (χ1v) is 9.16. The molecule has 0 aliphatic carbocycles. The summed E-state index contributed by atoms with van der Waals surface area (Å²) >= 11 is 0. The van der Waals surface area contributed by atoms with E-state index in [2.05, 4.69) is 27.1 Å². The largest absolute Gasteiger partial charge is 0.477 e. The van der Waals surface area contributed by atoms with Crippen molar-refractivity contribution < 1.29 is 13.9 Å². The number of furan rings is 1. The SMILES string of the molecule is CCOc1ccc2ncc(-c3cc4c(N5CCOCC5)cccc4o3)n2n1. The summed E-state index contributed by atoms with van der Waals surface area (Å²) in [4.78, 5) is 6.78. The standard InChI is InChI=1S/C20H20N4O3/c1-2-26-20-7-6-19-21-13-16(24(19)22-20)18-12-14-15(4-3-5-17(14)27-18)23-8-10-25-11-9-23/h3-7,12-13H,2,8-11H2,1H3. The number of hydrogen-bond donors (Lipinski definition) is 0. The molecule has 0 radical (unpaired) electrons. The van der Waals surface area contributed by atoms with Gasteiger partial charge >= 0.3 is 0 Å². The van der Waals surface area contributed by atoms with Crippen molar-refractivity contribution in [2.75, 3.05) is 37.8 Å². The second kappa shape index (κ2) is 6.59. The van der Waals surface area contributed by atoms with Gasteiger partial charge in [-0.05, 0) is 31.2 Å². The molecule has 7 nitrogen and oxygen atoms in total. The van der Waals surface area contributed by atoms with Crippen molar-refractivity contribution in [3.8, 4) is 17.3 Å². The molecule has 5 rings (SSSR count). The van der Waals surface area contributed by atoms with Gasteiger partial charge in [-0.2, -0.15) is 0 Å². The zero-order valence-electron chi connectivity index (χ0n) is 15.1. The minimum absolute atomic E-state index is 0.564. The summed E-state index contributed by atoms with van der Waals surface area (Å²) in [5.74, 6) is 1.30. The average molecular weight is 364 g/mol. The maximum Gasteiger partial charge on any atom is 0.231 e. The highest BCUT2D eigenvalue weighted by Gasteiger charge is 2.18. The highest BCUT2D eigenvalue weighted by Crippen LogP contribution is 2.34. The number of anilines is 1. The van der Waals surface area contributed by atoms with Crippen LogP contribution in [-0.4, -0.2) is 47.5 Å². The lowest BCUT2D eigenvalue weighted by Gasteiger charge is -2.29. The van der Waals surface area contributed by atoms with Crippen molar-refractivity contribution in [1.82, 2.24) is 14.6 Å². The second-order valence-electron chi connectivity index (χ2n) is 6.42. The van der Waals surface area contributed by atoms with Crippen molar-refractivity contribution in [2.45, 2.75) is 6.92 Å². The maximum atomic E-state index is 6.15. The molecule has 7 heteroatoms. The molecular formula is C20H20N4O3. The number of rotatable bonds is 4. The highest BCUT2D eigenvalue weighted by atomic mass is 16.5. The fourth-order valence-electron chi connectivity index (χ4n) is 3.50. The van der Waals surface area contributed by atoms with E-state index in [1.165, 1.54) is 5.69 Å². The van der Waals surface area contributed by atoms with E-state index in [0.717, 1.165) is 54.4 Å². The van der Waals surface area contributed by atoms with Gasteiger partial charge in [0.25, 0.3) is 0 Å². The first-order valence-electron chi connectivity index (χ1n) is 9.16. The van der Waals surface area contributed by atoms with Gasteiger partial charge in [-0.1, -0.05) is 6.07 Å². The zero-order chi connectivity index (χ0) is 18.2. The highest BCUT2D eigenvalue weighted by molar-refractivity contribution is 5.94. The van der Waals surface area contributed by atoms with E-state index in [1.54, 1.807) is 10.7 Å². The third kappa shape index (κ3) is 2.80. The third-order valence-corrected chi connectivity index (χ3v) is 4.77. The summed E-state index contributed by atoms with van der Waals surface area (Å²) in [5, 5.41) is 5.62. The molecule has 0 saturated carbocycles. The molecule has 4 heterocycles. The van der Waals surface area contributed by atoms with Crippen molar-refractivity contribution >= 4 is 22.3 Å². The van der Waals surface area contributed by atoms with Crippen LogP contribution in [0.1, 0.15) is 6.92 Å². The summed E-state index contributed by atoms with van der Waals surface area (Å²) in [6, 6.07) is 11.9. The van der Waals surface area contributed by atoms with E-state index < -0.39 is 0 Å². The Morgan fingerprint density at radius 2 is 2.04 bits per heavy atom. The van der Waals surface area contributed by atoms with Crippen LogP contribution < -0.4 is 9.64 Å². The lowest BCUT2D eigenvalue weighted by atomic mass is 10.2. The molecule has 3 aromatic heterocycles. The number of aromatic nitrogens is 3. The van der Waals surface area contributed by atoms with Gasteiger partial charge in [-0.25, -0.2) is 9.50 Å². The van der Waals surface area contributed by atoms with E-state index in [1.807, 2.05) is 31.2 Å². The van der Waals surface area contributed by atoms with Gasteiger partial charge in [0, 0.05) is 30.2 Å². The van der Waals surface area contributed by atoms with Crippen LogP contribution in [0.2, 0.25) is 0 Å². The van der Waals surface area contributed by atoms with Crippen molar-refractivity contribution in [1.29, 1.82) is 0 Å². The predicted octanol–water partition coefficient (Wildman–Crippen LogP) is 3.38. The van der Waals surface area contributed by atoms with E-state index >= 15 is 0 Å². The number of imidazole rings is 1. The molecule has 1 fully saturated rings. The molecule has 0 amide bonds. The van der Waals surface area contributed by atoms with Gasteiger partial charge in [-0.3, -0.25) is 0 Å². The Bertz CT molecular complexity index is 1100. The fraction of sp³-hybridized carbons (Fsp3) is 0.300. The van der Waals surface area contributed by atoms with Gasteiger partial charge in [0.05, 0.1) is 26.0 Å². The molecule has 27 heavy (non-hydrogen) atoms. The normalized spacial score (nSPS) is 14.9. The minimum atomic E-state index is 0.564. The molecule has 1 aliphatic heterocycles. The van der Waals surface area contributed by atoms with E-state index in [-0.39, 0.29) is 0 Å². The number of ether oxygens (including phenoxy) is 2. The minimum Gasteiger partial charge on any atom is -0.477 e. The average Bonchev–Trinajstić information content (AvgIpc) is 3.32. The summed E-state index contributed by atoms with van der Waals surface area (Å²) in [6.07, 6.45) is 1.78. The lowest BCUT2D eigenvalue weighted by molar-refractivity contribution is 0.123. The maximum absolute atomic E-state index is 6.15. The van der Waals surface area contributed by atoms with Crippen LogP contribution in [0.4, 0.5) is 5.69 Å². The molecule has 138 valence electrons. The Hall–Kier alpha value is -3.06. The van der Waals surface area contributed by atoms with Crippen LogP contribution in [-0.2, 0) is 4.74 Å². The quantitative estimate of drug-likeness (QED) is 0.553. The predicted molar refractivity (Wildman–Crippen MR) is 102 cm³/mol. The van der Waals surface area contributed by atoms with Crippen LogP contribution in [0.3, 0.4) is 0 Å². The molecule has 0 atom stereocenters. The fourth-order valence-corrected chi connectivity index (χ4v) is 3.50. The van der Waals surface area contributed by atoms with Crippen LogP contribution >= 0.6 is 0 Å². The molecule has 0 bridgehead atoms. The Kier molecular flexibility index (Phi) is 3.94. The number of fused-ring (bicyclic) bond motifs is 2. The van der Waals surface area contributed by atoms with Gasteiger partial charge in [0.15, 0.2) is 11.4 Å². The molecule has 0 N–H and O–H groups in total. The Morgan fingerprint density at radius 3 is 2.89 bits per heavy atom. The van der Waals surface area contributed by atoms with Crippen molar-refractivity contribution in [3.05, 3.63) is 42.6 Å². The summed E-state index contributed by atoms with van der Waals surface area (Å²) in [7, 11) is 0. The first-order chi connectivity index (χ1) is 13.3. The van der Waals surface area contributed by atoms with Crippen molar-refractivity contribution in [2.24, 2.45) is 0 Å². The van der Waals surface area contributed by atoms with Gasteiger partial charge < -0.3 is 18.8 Å². The number of hydrogen-bond acceptors (Lipinski definition) is 6. The molecule has 0 unspecified atom stereocenters.